The standard InChI is InChI=1S/C16H21NO2/c1-5-13-6-8-15(9-7-13)19-16-11-14(17(3)4)10-12(2)18-16/h1,6-9,12,14,16H,10-11H2,2-4H3. The van der Waals surface area contributed by atoms with E-state index in [2.05, 4.69) is 31.8 Å². The molecule has 1 heterocycles. The minimum atomic E-state index is -0.187. The normalized spacial score (nSPS) is 27.0. The fourth-order valence-corrected chi connectivity index (χ4v) is 2.35. The molecule has 0 N–H and O–H groups in total. The first-order valence-corrected chi connectivity index (χ1v) is 6.63. The molecule has 3 unspecified atom stereocenters. The maximum absolute atomic E-state index is 5.89. The average molecular weight is 259 g/mol. The average Bonchev–Trinajstić information content (AvgIpc) is 2.39. The minimum absolute atomic E-state index is 0.187. The highest BCUT2D eigenvalue weighted by molar-refractivity contribution is 5.36. The highest BCUT2D eigenvalue weighted by Crippen LogP contribution is 2.25. The number of nitrogens with zero attached hydrogens (tertiary/aromatic N) is 1. The van der Waals surface area contributed by atoms with Crippen LogP contribution in [0.4, 0.5) is 0 Å². The first-order valence-electron chi connectivity index (χ1n) is 6.63. The highest BCUT2D eigenvalue weighted by atomic mass is 16.7. The molecule has 0 aliphatic carbocycles. The number of terminal acetylenes is 1. The maximum Gasteiger partial charge on any atom is 0.201 e. The van der Waals surface area contributed by atoms with Crippen LogP contribution in [-0.2, 0) is 4.74 Å². The van der Waals surface area contributed by atoms with Gasteiger partial charge >= 0.3 is 0 Å². The third-order valence-corrected chi connectivity index (χ3v) is 3.47. The van der Waals surface area contributed by atoms with Crippen molar-refractivity contribution >= 4 is 0 Å². The predicted molar refractivity (Wildman–Crippen MR) is 76.0 cm³/mol. The van der Waals surface area contributed by atoms with Gasteiger partial charge < -0.3 is 14.4 Å². The number of hydrogen-bond donors (Lipinski definition) is 0. The summed E-state index contributed by atoms with van der Waals surface area (Å²) in [5, 5.41) is 0. The largest absolute Gasteiger partial charge is 0.465 e. The van der Waals surface area contributed by atoms with Gasteiger partial charge in [-0.25, -0.2) is 0 Å². The van der Waals surface area contributed by atoms with Crippen LogP contribution in [0.15, 0.2) is 24.3 Å². The molecule has 0 saturated carbocycles. The van der Waals surface area contributed by atoms with E-state index in [9.17, 15) is 0 Å². The van der Waals surface area contributed by atoms with Crippen molar-refractivity contribution in [2.24, 2.45) is 0 Å². The van der Waals surface area contributed by atoms with E-state index in [1.165, 1.54) is 0 Å². The van der Waals surface area contributed by atoms with Crippen molar-refractivity contribution in [1.29, 1.82) is 0 Å². The Balaban J connectivity index is 1.99. The van der Waals surface area contributed by atoms with Gasteiger partial charge in [-0.3, -0.25) is 0 Å². The molecule has 3 atom stereocenters. The summed E-state index contributed by atoms with van der Waals surface area (Å²) >= 11 is 0. The lowest BCUT2D eigenvalue weighted by molar-refractivity contribution is -0.157. The summed E-state index contributed by atoms with van der Waals surface area (Å²) < 4.78 is 11.7. The van der Waals surface area contributed by atoms with Gasteiger partial charge in [0.05, 0.1) is 6.10 Å². The van der Waals surface area contributed by atoms with Gasteiger partial charge in [0, 0.05) is 18.0 Å². The summed E-state index contributed by atoms with van der Waals surface area (Å²) in [6.07, 6.45) is 7.29. The Morgan fingerprint density at radius 3 is 2.53 bits per heavy atom. The maximum atomic E-state index is 5.89. The quantitative estimate of drug-likeness (QED) is 0.779. The molecule has 3 nitrogen and oxygen atoms in total. The molecule has 1 saturated heterocycles. The van der Waals surface area contributed by atoms with Crippen molar-refractivity contribution in [3.05, 3.63) is 29.8 Å². The fourth-order valence-electron chi connectivity index (χ4n) is 2.35. The van der Waals surface area contributed by atoms with Crippen LogP contribution < -0.4 is 4.74 Å². The first kappa shape index (κ1) is 13.9. The van der Waals surface area contributed by atoms with Crippen LogP contribution in [-0.4, -0.2) is 37.4 Å². The zero-order valence-corrected chi connectivity index (χ0v) is 11.8. The SMILES string of the molecule is C#Cc1ccc(OC2CC(N(C)C)CC(C)O2)cc1. The number of rotatable bonds is 3. The summed E-state index contributed by atoms with van der Waals surface area (Å²) in [4.78, 5) is 2.23. The van der Waals surface area contributed by atoms with Crippen molar-refractivity contribution in [2.75, 3.05) is 14.1 Å². The van der Waals surface area contributed by atoms with Crippen LogP contribution in [0.3, 0.4) is 0 Å². The first-order chi connectivity index (χ1) is 9.08. The molecule has 1 aliphatic heterocycles. The molecule has 1 aromatic rings. The molecule has 0 bridgehead atoms. The van der Waals surface area contributed by atoms with Gasteiger partial charge in [0.1, 0.15) is 5.75 Å². The van der Waals surface area contributed by atoms with E-state index < -0.39 is 0 Å². The third-order valence-electron chi connectivity index (χ3n) is 3.47. The van der Waals surface area contributed by atoms with Crippen molar-refractivity contribution < 1.29 is 9.47 Å². The van der Waals surface area contributed by atoms with Gasteiger partial charge in [-0.1, -0.05) is 5.92 Å². The molecule has 1 aromatic carbocycles. The summed E-state index contributed by atoms with van der Waals surface area (Å²) in [5.41, 5.74) is 0.858. The van der Waals surface area contributed by atoms with Crippen LogP contribution in [0.1, 0.15) is 25.3 Å². The molecular weight excluding hydrogens is 238 g/mol. The zero-order chi connectivity index (χ0) is 13.8. The monoisotopic (exact) mass is 259 g/mol. The molecular formula is C16H21NO2. The van der Waals surface area contributed by atoms with Gasteiger partial charge in [0.25, 0.3) is 0 Å². The second-order valence-corrected chi connectivity index (χ2v) is 5.25. The number of ether oxygens (including phenoxy) is 2. The molecule has 0 aromatic heterocycles. The van der Waals surface area contributed by atoms with E-state index in [1.54, 1.807) is 0 Å². The summed E-state index contributed by atoms with van der Waals surface area (Å²) in [6.45, 7) is 2.09. The van der Waals surface area contributed by atoms with Crippen LogP contribution >= 0.6 is 0 Å². The Kier molecular flexibility index (Phi) is 4.47. The molecule has 19 heavy (non-hydrogen) atoms. The Morgan fingerprint density at radius 2 is 1.95 bits per heavy atom. The number of benzene rings is 1. The van der Waals surface area contributed by atoms with Crippen LogP contribution in [0, 0.1) is 12.3 Å². The second-order valence-electron chi connectivity index (χ2n) is 5.25. The van der Waals surface area contributed by atoms with Crippen LogP contribution in [0.5, 0.6) is 5.75 Å². The van der Waals surface area contributed by atoms with E-state index in [1.807, 2.05) is 24.3 Å². The van der Waals surface area contributed by atoms with Crippen LogP contribution in [0.25, 0.3) is 0 Å². The zero-order valence-electron chi connectivity index (χ0n) is 11.8. The van der Waals surface area contributed by atoms with Gasteiger partial charge in [-0.2, -0.15) is 0 Å². The van der Waals surface area contributed by atoms with E-state index in [0.717, 1.165) is 24.2 Å². The molecule has 1 aliphatic rings. The topological polar surface area (TPSA) is 21.7 Å². The summed E-state index contributed by atoms with van der Waals surface area (Å²) in [5.74, 6) is 3.39. The molecule has 0 amide bonds. The van der Waals surface area contributed by atoms with E-state index in [4.69, 9.17) is 15.9 Å². The van der Waals surface area contributed by atoms with Crippen LogP contribution in [0.2, 0.25) is 0 Å². The van der Waals surface area contributed by atoms with Gasteiger partial charge in [0.15, 0.2) is 0 Å². The summed E-state index contributed by atoms with van der Waals surface area (Å²) in [7, 11) is 4.20. The molecule has 1 fully saturated rings. The van der Waals surface area contributed by atoms with Crippen molar-refractivity contribution in [3.63, 3.8) is 0 Å². The van der Waals surface area contributed by atoms with Gasteiger partial charge in [-0.05, 0) is 51.7 Å². The fraction of sp³-hybridized carbons (Fsp3) is 0.500. The van der Waals surface area contributed by atoms with E-state index in [-0.39, 0.29) is 12.4 Å². The summed E-state index contributed by atoms with van der Waals surface area (Å²) in [6, 6.07) is 8.04. The number of hydrogen-bond acceptors (Lipinski definition) is 3. The highest BCUT2D eigenvalue weighted by Gasteiger charge is 2.29. The Morgan fingerprint density at radius 1 is 1.26 bits per heavy atom. The van der Waals surface area contributed by atoms with Gasteiger partial charge in [0.2, 0.25) is 6.29 Å². The Bertz CT molecular complexity index is 447. The smallest absolute Gasteiger partial charge is 0.201 e. The predicted octanol–water partition coefficient (Wildman–Crippen LogP) is 2.50. The molecule has 0 radical (unpaired) electrons. The minimum Gasteiger partial charge on any atom is -0.465 e. The lowest BCUT2D eigenvalue weighted by atomic mass is 10.0. The molecule has 102 valence electrons. The Hall–Kier alpha value is -1.50. The lowest BCUT2D eigenvalue weighted by Crippen LogP contribution is -2.43. The van der Waals surface area contributed by atoms with Gasteiger partial charge in [-0.15, -0.1) is 6.42 Å². The molecule has 2 rings (SSSR count). The molecule has 3 heteroatoms. The second kappa shape index (κ2) is 6.10. The van der Waals surface area contributed by atoms with Crippen molar-refractivity contribution in [3.8, 4) is 18.1 Å². The lowest BCUT2D eigenvalue weighted by Gasteiger charge is -2.36. The molecule has 0 spiro atoms. The van der Waals surface area contributed by atoms with E-state index in [0.29, 0.717) is 6.04 Å². The van der Waals surface area contributed by atoms with Crippen molar-refractivity contribution in [1.82, 2.24) is 4.90 Å². The Labute approximate surface area is 115 Å². The van der Waals surface area contributed by atoms with E-state index >= 15 is 0 Å². The third kappa shape index (κ3) is 3.73. The van der Waals surface area contributed by atoms with Crippen molar-refractivity contribution in [2.45, 2.75) is 38.2 Å².